The maximum absolute atomic E-state index is 13.1. The van der Waals surface area contributed by atoms with E-state index in [4.69, 9.17) is 4.74 Å². The Morgan fingerprint density at radius 1 is 1.12 bits per heavy atom. The van der Waals surface area contributed by atoms with Crippen LogP contribution in [-0.4, -0.2) is 53.7 Å². The number of nitrogens with zero attached hydrogens (tertiary/aromatic N) is 1. The van der Waals surface area contributed by atoms with Crippen molar-refractivity contribution in [2.75, 3.05) is 19.7 Å². The Balaban J connectivity index is 1.42. The smallest absolute Gasteiger partial charge is 0.407 e. The molecule has 34 heavy (non-hydrogen) atoms. The van der Waals surface area contributed by atoms with Crippen molar-refractivity contribution in [3.63, 3.8) is 0 Å². The number of fused-ring (bicyclic) bond motifs is 3. The highest BCUT2D eigenvalue weighted by Crippen LogP contribution is 2.44. The van der Waals surface area contributed by atoms with Crippen LogP contribution in [0.3, 0.4) is 0 Å². The van der Waals surface area contributed by atoms with E-state index in [9.17, 15) is 19.5 Å². The van der Waals surface area contributed by atoms with Crippen molar-refractivity contribution in [3.8, 4) is 11.1 Å². The van der Waals surface area contributed by atoms with Crippen LogP contribution in [0.2, 0.25) is 0 Å². The summed E-state index contributed by atoms with van der Waals surface area (Å²) in [4.78, 5) is 38.8. The van der Waals surface area contributed by atoms with Gasteiger partial charge in [-0.05, 0) is 41.0 Å². The maximum Gasteiger partial charge on any atom is 0.407 e. The van der Waals surface area contributed by atoms with E-state index in [1.54, 1.807) is 6.08 Å². The molecule has 7 heteroatoms. The molecule has 7 nitrogen and oxygen atoms in total. The summed E-state index contributed by atoms with van der Waals surface area (Å²) in [6, 6.07) is 15.4. The molecule has 2 aliphatic rings. The van der Waals surface area contributed by atoms with Gasteiger partial charge in [-0.2, -0.15) is 0 Å². The zero-order valence-electron chi connectivity index (χ0n) is 19.3. The summed E-state index contributed by atoms with van der Waals surface area (Å²) < 4.78 is 5.60. The summed E-state index contributed by atoms with van der Waals surface area (Å²) in [6.07, 6.45) is 1.93. The topological polar surface area (TPSA) is 95.9 Å². The second kappa shape index (κ2) is 10.1. The van der Waals surface area contributed by atoms with E-state index in [1.807, 2.05) is 43.3 Å². The molecule has 178 valence electrons. The lowest BCUT2D eigenvalue weighted by atomic mass is 9.98. The van der Waals surface area contributed by atoms with E-state index >= 15 is 0 Å². The number of aliphatic carboxylic acids is 1. The van der Waals surface area contributed by atoms with Gasteiger partial charge in [-0.15, -0.1) is 6.58 Å². The first-order chi connectivity index (χ1) is 16.4. The molecule has 0 bridgehead atoms. The lowest BCUT2D eigenvalue weighted by molar-refractivity contribution is -0.142. The molecule has 2 aromatic carbocycles. The lowest BCUT2D eigenvalue weighted by Crippen LogP contribution is -2.48. The van der Waals surface area contributed by atoms with Gasteiger partial charge in [0.1, 0.15) is 12.6 Å². The highest BCUT2D eigenvalue weighted by molar-refractivity contribution is 5.87. The number of benzene rings is 2. The summed E-state index contributed by atoms with van der Waals surface area (Å²) >= 11 is 0. The Morgan fingerprint density at radius 2 is 1.74 bits per heavy atom. The molecular weight excluding hydrogens is 432 g/mol. The van der Waals surface area contributed by atoms with Crippen LogP contribution in [-0.2, 0) is 14.3 Å². The molecule has 3 unspecified atom stereocenters. The fourth-order valence-electron chi connectivity index (χ4n) is 5.01. The minimum atomic E-state index is -0.907. The predicted molar refractivity (Wildman–Crippen MR) is 128 cm³/mol. The molecule has 1 aliphatic carbocycles. The number of carbonyl (C=O) groups excluding carboxylic acids is 2. The number of rotatable bonds is 8. The van der Waals surface area contributed by atoms with Crippen molar-refractivity contribution in [1.82, 2.24) is 10.2 Å². The molecule has 0 saturated carbocycles. The monoisotopic (exact) mass is 462 g/mol. The summed E-state index contributed by atoms with van der Waals surface area (Å²) in [5.74, 6) is -2.01. The van der Waals surface area contributed by atoms with E-state index < -0.39 is 24.0 Å². The molecule has 2 amide bonds. The molecule has 2 aromatic rings. The lowest BCUT2D eigenvalue weighted by Gasteiger charge is -2.24. The molecular formula is C27H30N2O5. The SMILES string of the molecule is C=CCCC(NC(=O)OCC1c2ccccc2-c2ccccc21)C(=O)N1CC(C)C(C(=O)O)C1. The molecule has 1 heterocycles. The van der Waals surface area contributed by atoms with Crippen LogP contribution in [0.15, 0.2) is 61.2 Å². The summed E-state index contributed by atoms with van der Waals surface area (Å²) in [5.41, 5.74) is 4.51. The predicted octanol–water partition coefficient (Wildman–Crippen LogP) is 4.04. The summed E-state index contributed by atoms with van der Waals surface area (Å²) in [5, 5.41) is 12.1. The normalized spacial score (nSPS) is 19.7. The summed E-state index contributed by atoms with van der Waals surface area (Å²) in [7, 11) is 0. The number of amides is 2. The standard InChI is InChI=1S/C27H30N2O5/c1-3-4-13-24(25(30)29-14-17(2)22(15-29)26(31)32)28-27(33)34-16-23-20-11-7-5-9-18(20)19-10-6-8-12-21(19)23/h3,5-12,17,22-24H,1,4,13-16H2,2H3,(H,28,33)(H,31,32). The number of carboxylic acids is 1. The van der Waals surface area contributed by atoms with Gasteiger partial charge >= 0.3 is 12.1 Å². The number of alkyl carbamates (subject to hydrolysis) is 1. The third-order valence-electron chi connectivity index (χ3n) is 6.83. The van der Waals surface area contributed by atoms with Gasteiger partial charge in [-0.25, -0.2) is 4.79 Å². The molecule has 1 fully saturated rings. The van der Waals surface area contributed by atoms with Crippen LogP contribution in [0.1, 0.15) is 36.8 Å². The second-order valence-electron chi connectivity index (χ2n) is 9.05. The number of hydrogen-bond donors (Lipinski definition) is 2. The molecule has 4 rings (SSSR count). The first kappa shape index (κ1) is 23.5. The van der Waals surface area contributed by atoms with Crippen LogP contribution in [0.4, 0.5) is 4.79 Å². The van der Waals surface area contributed by atoms with Crippen molar-refractivity contribution >= 4 is 18.0 Å². The van der Waals surface area contributed by atoms with E-state index in [-0.39, 0.29) is 30.9 Å². The molecule has 1 saturated heterocycles. The molecule has 1 aliphatic heterocycles. The van der Waals surface area contributed by atoms with Crippen molar-refractivity contribution in [2.45, 2.75) is 31.7 Å². The van der Waals surface area contributed by atoms with Gasteiger partial charge < -0.3 is 20.1 Å². The van der Waals surface area contributed by atoms with Crippen molar-refractivity contribution in [1.29, 1.82) is 0 Å². The second-order valence-corrected chi connectivity index (χ2v) is 9.05. The first-order valence-electron chi connectivity index (χ1n) is 11.6. The minimum absolute atomic E-state index is 0.0729. The molecule has 0 spiro atoms. The Morgan fingerprint density at radius 3 is 2.29 bits per heavy atom. The highest BCUT2D eigenvalue weighted by atomic mass is 16.5. The third-order valence-corrected chi connectivity index (χ3v) is 6.83. The van der Waals surface area contributed by atoms with Crippen LogP contribution in [0.25, 0.3) is 11.1 Å². The van der Waals surface area contributed by atoms with Gasteiger partial charge in [0, 0.05) is 19.0 Å². The fourth-order valence-corrected chi connectivity index (χ4v) is 5.01. The zero-order chi connectivity index (χ0) is 24.2. The first-order valence-corrected chi connectivity index (χ1v) is 11.6. The van der Waals surface area contributed by atoms with E-state index in [2.05, 4.69) is 24.0 Å². The van der Waals surface area contributed by atoms with Crippen molar-refractivity contribution in [2.24, 2.45) is 11.8 Å². The highest BCUT2D eigenvalue weighted by Gasteiger charge is 2.39. The number of allylic oxidation sites excluding steroid dienone is 1. The number of carboxylic acid groups (broad SMARTS) is 1. The molecule has 2 N–H and O–H groups in total. The molecule has 0 aromatic heterocycles. The average Bonchev–Trinajstić information content (AvgIpc) is 3.38. The van der Waals surface area contributed by atoms with Gasteiger partial charge in [-0.3, -0.25) is 9.59 Å². The minimum Gasteiger partial charge on any atom is -0.481 e. The number of carbonyl (C=O) groups is 3. The number of ether oxygens (including phenoxy) is 1. The third kappa shape index (κ3) is 4.69. The van der Waals surface area contributed by atoms with Crippen LogP contribution in [0.5, 0.6) is 0 Å². The maximum atomic E-state index is 13.1. The van der Waals surface area contributed by atoms with Crippen LogP contribution >= 0.6 is 0 Å². The van der Waals surface area contributed by atoms with Gasteiger partial charge in [-0.1, -0.05) is 61.5 Å². The number of likely N-dealkylation sites (tertiary alicyclic amines) is 1. The van der Waals surface area contributed by atoms with Gasteiger partial charge in [0.25, 0.3) is 0 Å². The van der Waals surface area contributed by atoms with Gasteiger partial charge in [0.05, 0.1) is 5.92 Å². The van der Waals surface area contributed by atoms with Gasteiger partial charge in [0.15, 0.2) is 0 Å². The van der Waals surface area contributed by atoms with Gasteiger partial charge in [0.2, 0.25) is 5.91 Å². The average molecular weight is 463 g/mol. The Hall–Kier alpha value is -3.61. The van der Waals surface area contributed by atoms with Crippen LogP contribution < -0.4 is 5.32 Å². The summed E-state index contributed by atoms with van der Waals surface area (Å²) in [6.45, 7) is 6.18. The van der Waals surface area contributed by atoms with Crippen molar-refractivity contribution < 1.29 is 24.2 Å². The Kier molecular flexibility index (Phi) is 7.01. The zero-order valence-corrected chi connectivity index (χ0v) is 19.3. The van der Waals surface area contributed by atoms with E-state index in [0.717, 1.165) is 22.3 Å². The van der Waals surface area contributed by atoms with Crippen molar-refractivity contribution in [3.05, 3.63) is 72.3 Å². The Labute approximate surface area is 199 Å². The molecule has 3 atom stereocenters. The van der Waals surface area contributed by atoms with E-state index in [0.29, 0.717) is 19.4 Å². The number of nitrogens with one attached hydrogen (secondary N) is 1. The largest absolute Gasteiger partial charge is 0.481 e. The number of hydrogen-bond acceptors (Lipinski definition) is 4. The Bertz CT molecular complexity index is 1050. The quantitative estimate of drug-likeness (QED) is 0.578. The van der Waals surface area contributed by atoms with Crippen LogP contribution in [0, 0.1) is 11.8 Å². The molecule has 0 radical (unpaired) electrons. The fraction of sp³-hybridized carbons (Fsp3) is 0.370. The van der Waals surface area contributed by atoms with E-state index in [1.165, 1.54) is 4.90 Å².